The van der Waals surface area contributed by atoms with Gasteiger partial charge >= 0.3 is 29.0 Å². The molecule has 1 aromatic carbocycles. The van der Waals surface area contributed by atoms with E-state index in [1.54, 1.807) is 24.3 Å². The van der Waals surface area contributed by atoms with Gasteiger partial charge in [0.15, 0.2) is 0 Å². The van der Waals surface area contributed by atoms with Crippen LogP contribution in [0.2, 0.25) is 0 Å². The van der Waals surface area contributed by atoms with E-state index in [0.717, 1.165) is 5.56 Å². The van der Waals surface area contributed by atoms with E-state index in [9.17, 15) is 4.79 Å². The zero-order chi connectivity index (χ0) is 7.40. The molecule has 0 aliphatic carbocycles. The van der Waals surface area contributed by atoms with Gasteiger partial charge in [-0.2, -0.15) is 30.3 Å². The molecule has 0 aliphatic heterocycles. The van der Waals surface area contributed by atoms with Crippen LogP contribution in [-0.4, -0.2) is 34.1 Å². The second kappa shape index (κ2) is 7.82. The molecule has 0 atom stereocenters. The number of benzene rings is 1. The summed E-state index contributed by atoms with van der Waals surface area (Å²) in [5, 5.41) is 8.36. The zero-order valence-electron chi connectivity index (χ0n) is 6.46. The van der Waals surface area contributed by atoms with Crippen molar-refractivity contribution in [1.82, 2.24) is 0 Å². The molecule has 0 radical (unpaired) electrons. The van der Waals surface area contributed by atoms with Crippen LogP contribution in [0, 0.1) is 6.07 Å². The van der Waals surface area contributed by atoms with E-state index in [4.69, 9.17) is 5.11 Å². The zero-order valence-corrected chi connectivity index (χ0v) is 10.0. The monoisotopic (exact) mass is 286 g/mol. The molecule has 0 spiro atoms. The van der Waals surface area contributed by atoms with Crippen LogP contribution in [0.25, 0.3) is 0 Å². The van der Waals surface area contributed by atoms with Gasteiger partial charge in [-0.15, -0.1) is 5.56 Å². The van der Waals surface area contributed by atoms with Crippen molar-refractivity contribution in [2.45, 2.75) is 6.42 Å². The van der Waals surface area contributed by atoms with Crippen molar-refractivity contribution in [3.63, 3.8) is 0 Å². The Morgan fingerprint density at radius 2 is 1.92 bits per heavy atom. The molecule has 0 fully saturated rings. The Balaban J connectivity index is 0. The van der Waals surface area contributed by atoms with Crippen molar-refractivity contribution in [2.24, 2.45) is 0 Å². The SMILES string of the molecule is O=C(O)Cc1cc[c-]cc1.[I-].[Mg+2]. The number of aliphatic carboxylic acids is 1. The molecule has 0 saturated heterocycles. The van der Waals surface area contributed by atoms with Gasteiger partial charge in [-0.05, 0) is 0 Å². The molecule has 0 saturated carbocycles. The Kier molecular flexibility index (Phi) is 9.57. The first-order valence-electron chi connectivity index (χ1n) is 2.96. The first kappa shape index (κ1) is 14.7. The molecule has 4 heteroatoms. The van der Waals surface area contributed by atoms with Gasteiger partial charge in [-0.25, -0.2) is 0 Å². The molecule has 0 aromatic heterocycles. The third-order valence-corrected chi connectivity index (χ3v) is 1.14. The fraction of sp³-hybridized carbons (Fsp3) is 0.125. The summed E-state index contributed by atoms with van der Waals surface area (Å²) in [5.74, 6) is -0.800. The van der Waals surface area contributed by atoms with Crippen LogP contribution in [0.15, 0.2) is 24.3 Å². The molecule has 0 bridgehead atoms. The van der Waals surface area contributed by atoms with E-state index in [-0.39, 0.29) is 53.5 Å². The normalized spacial score (nSPS) is 7.67. The van der Waals surface area contributed by atoms with Gasteiger partial charge < -0.3 is 29.1 Å². The van der Waals surface area contributed by atoms with Crippen LogP contribution >= 0.6 is 0 Å². The molecule has 12 heavy (non-hydrogen) atoms. The van der Waals surface area contributed by atoms with Gasteiger partial charge in [0.05, 0.1) is 0 Å². The average molecular weight is 286 g/mol. The van der Waals surface area contributed by atoms with E-state index in [0.29, 0.717) is 0 Å². The van der Waals surface area contributed by atoms with Crippen LogP contribution in [0.4, 0.5) is 0 Å². The third-order valence-electron chi connectivity index (χ3n) is 1.14. The summed E-state index contributed by atoms with van der Waals surface area (Å²) >= 11 is 0. The fourth-order valence-electron chi connectivity index (χ4n) is 0.714. The Hall–Kier alpha value is 0.186. The number of carboxylic acid groups (broad SMARTS) is 1. The van der Waals surface area contributed by atoms with Crippen molar-refractivity contribution >= 4 is 29.0 Å². The van der Waals surface area contributed by atoms with Gasteiger partial charge in [-0.1, -0.05) is 0 Å². The van der Waals surface area contributed by atoms with Gasteiger partial charge in [0, 0.05) is 6.42 Å². The smallest absolute Gasteiger partial charge is 1.00 e. The van der Waals surface area contributed by atoms with Crippen LogP contribution in [-0.2, 0) is 11.2 Å². The number of carbonyl (C=O) groups is 1. The molecule has 0 aliphatic rings. The Bertz CT molecular complexity index is 226. The summed E-state index contributed by atoms with van der Waals surface area (Å²) in [4.78, 5) is 10.2. The first-order valence-corrected chi connectivity index (χ1v) is 2.96. The van der Waals surface area contributed by atoms with Crippen molar-refractivity contribution in [2.75, 3.05) is 0 Å². The average Bonchev–Trinajstić information content (AvgIpc) is 1.88. The molecule has 1 N–H and O–H groups in total. The molecular weight excluding hydrogens is 279 g/mol. The summed E-state index contributed by atoms with van der Waals surface area (Å²) < 4.78 is 0. The van der Waals surface area contributed by atoms with Gasteiger partial charge in [-0.3, -0.25) is 4.79 Å². The van der Waals surface area contributed by atoms with Crippen molar-refractivity contribution in [3.8, 4) is 0 Å². The van der Waals surface area contributed by atoms with Crippen molar-refractivity contribution in [3.05, 3.63) is 35.9 Å². The predicted molar refractivity (Wildman–Crippen MR) is 42.4 cm³/mol. The maximum absolute atomic E-state index is 10.2. The fourth-order valence-corrected chi connectivity index (χ4v) is 0.714. The second-order valence-corrected chi connectivity index (χ2v) is 1.98. The Labute approximate surface area is 105 Å². The first-order chi connectivity index (χ1) is 4.79. The van der Waals surface area contributed by atoms with E-state index < -0.39 is 5.97 Å². The largest absolute Gasteiger partial charge is 2.00 e. The minimum absolute atomic E-state index is 0. The molecule has 0 unspecified atom stereocenters. The topological polar surface area (TPSA) is 37.3 Å². The van der Waals surface area contributed by atoms with Crippen LogP contribution in [0.1, 0.15) is 5.56 Å². The van der Waals surface area contributed by atoms with E-state index >= 15 is 0 Å². The van der Waals surface area contributed by atoms with Gasteiger partial charge in [0.25, 0.3) is 0 Å². The molecule has 60 valence electrons. The Morgan fingerprint density at radius 1 is 1.42 bits per heavy atom. The number of rotatable bonds is 2. The van der Waals surface area contributed by atoms with Crippen molar-refractivity contribution < 1.29 is 33.9 Å². The van der Waals surface area contributed by atoms with Crippen LogP contribution < -0.4 is 24.0 Å². The summed E-state index contributed by atoms with van der Waals surface area (Å²) in [6.45, 7) is 0. The number of halogens is 1. The molecule has 0 heterocycles. The number of hydrogen-bond donors (Lipinski definition) is 1. The predicted octanol–water partition coefficient (Wildman–Crippen LogP) is -2.26. The maximum atomic E-state index is 10.2. The minimum Gasteiger partial charge on any atom is -1.00 e. The molecule has 0 amide bonds. The summed E-state index contributed by atoms with van der Waals surface area (Å²) in [6, 6.07) is 9.71. The van der Waals surface area contributed by atoms with Crippen LogP contribution in [0.5, 0.6) is 0 Å². The van der Waals surface area contributed by atoms with E-state index in [1.165, 1.54) is 0 Å². The number of carboxylic acids is 1. The molecule has 1 aromatic rings. The maximum Gasteiger partial charge on any atom is 2.00 e. The minimum atomic E-state index is -0.800. The van der Waals surface area contributed by atoms with Gasteiger partial charge in [0.2, 0.25) is 0 Å². The second-order valence-electron chi connectivity index (χ2n) is 1.98. The summed E-state index contributed by atoms with van der Waals surface area (Å²) in [5.41, 5.74) is 0.811. The number of hydrogen-bond acceptors (Lipinski definition) is 1. The van der Waals surface area contributed by atoms with Gasteiger partial charge in [0.1, 0.15) is 0 Å². The molecular formula is C8H7IMgO2. The van der Waals surface area contributed by atoms with E-state index in [1.807, 2.05) is 0 Å². The Morgan fingerprint density at radius 3 is 2.33 bits per heavy atom. The quantitative estimate of drug-likeness (QED) is 0.378. The standard InChI is InChI=1S/C8H7O2.HI.Mg/c9-8(10)6-7-4-2-1-3-5-7;;/h2-5H,6H2,(H,9,10);1H;/q-1;;+2/p-1. The van der Waals surface area contributed by atoms with E-state index in [2.05, 4.69) is 6.07 Å². The van der Waals surface area contributed by atoms with Crippen LogP contribution in [0.3, 0.4) is 0 Å². The third kappa shape index (κ3) is 5.79. The summed E-state index contributed by atoms with van der Waals surface area (Å²) in [7, 11) is 0. The summed E-state index contributed by atoms with van der Waals surface area (Å²) in [6.07, 6.45) is 0.0919. The van der Waals surface area contributed by atoms with Crippen molar-refractivity contribution in [1.29, 1.82) is 0 Å². The molecule has 1 rings (SSSR count). The molecule has 2 nitrogen and oxygen atoms in total.